The minimum atomic E-state index is -0.178. The molecule has 0 saturated carbocycles. The van der Waals surface area contributed by atoms with E-state index in [1.807, 2.05) is 29.1 Å². The first kappa shape index (κ1) is 21.9. The second-order valence-electron chi connectivity index (χ2n) is 8.58. The van der Waals surface area contributed by atoms with E-state index < -0.39 is 0 Å². The van der Waals surface area contributed by atoms with E-state index in [9.17, 15) is 5.11 Å². The molecule has 6 rings (SSSR count). The zero-order chi connectivity index (χ0) is 23.8. The van der Waals surface area contributed by atoms with Gasteiger partial charge in [0, 0.05) is 24.4 Å². The first-order valence-electron chi connectivity index (χ1n) is 11.5. The number of ether oxygens (including phenoxy) is 2. The van der Waals surface area contributed by atoms with Gasteiger partial charge in [-0.15, -0.1) is 0 Å². The maximum Gasteiger partial charge on any atom is 0.294 e. The lowest BCUT2D eigenvalue weighted by atomic mass is 10.00. The molecule has 2 atom stereocenters. The Hall–Kier alpha value is -3.65. The van der Waals surface area contributed by atoms with E-state index in [4.69, 9.17) is 21.1 Å². The smallest absolute Gasteiger partial charge is 0.294 e. The van der Waals surface area contributed by atoms with Gasteiger partial charge in [-0.3, -0.25) is 0 Å². The average molecular weight is 487 g/mol. The normalized spacial score (nSPS) is 17.8. The number of hydrogen-bond donors (Lipinski definition) is 2. The highest BCUT2D eigenvalue weighted by Crippen LogP contribution is 2.34. The molecule has 2 aromatic heterocycles. The lowest BCUT2D eigenvalue weighted by Gasteiger charge is -2.08. The number of hydrogen-bond acceptors (Lipinski definition) is 5. The summed E-state index contributed by atoms with van der Waals surface area (Å²) in [6, 6.07) is 22.8. The monoisotopic (exact) mass is 486 g/mol. The molecular weight excluding hydrogens is 464 g/mol. The number of aromatic amines is 1. The molecule has 0 aliphatic carbocycles. The molecule has 8 heteroatoms. The van der Waals surface area contributed by atoms with E-state index in [-0.39, 0.29) is 18.8 Å². The number of aliphatic hydroxyl groups is 1. The van der Waals surface area contributed by atoms with Gasteiger partial charge in [0.25, 0.3) is 6.01 Å². The van der Waals surface area contributed by atoms with Crippen LogP contribution in [0.1, 0.15) is 6.42 Å². The Morgan fingerprint density at radius 2 is 1.80 bits per heavy atom. The molecule has 7 nitrogen and oxygen atoms in total. The van der Waals surface area contributed by atoms with Crippen LogP contribution in [0.2, 0.25) is 5.02 Å². The number of aliphatic hydroxyl groups excluding tert-OH is 1. The van der Waals surface area contributed by atoms with Crippen LogP contribution in [-0.4, -0.2) is 50.3 Å². The van der Waals surface area contributed by atoms with Gasteiger partial charge in [-0.1, -0.05) is 48.0 Å². The Bertz CT molecular complexity index is 1450. The summed E-state index contributed by atoms with van der Waals surface area (Å²) in [5, 5.41) is 14.1. The number of aromatic nitrogens is 4. The molecule has 1 aliphatic rings. The third-order valence-electron chi connectivity index (χ3n) is 6.24. The summed E-state index contributed by atoms with van der Waals surface area (Å²) < 4.78 is 13.2. The van der Waals surface area contributed by atoms with Gasteiger partial charge in [-0.25, -0.2) is 4.68 Å². The molecule has 35 heavy (non-hydrogen) atoms. The molecule has 1 aliphatic heterocycles. The molecular formula is C27H23ClN4O3. The minimum Gasteiger partial charge on any atom is -0.459 e. The van der Waals surface area contributed by atoms with Crippen molar-refractivity contribution in [3.63, 3.8) is 0 Å². The second kappa shape index (κ2) is 9.19. The standard InChI is InChI=1S/C27H23ClN4O3/c28-24-14-26-25(30-27(31-26)35-22-12-21(15-33)34-16-22)13-23(24)19-4-2-17(3-5-19)18-6-8-20(9-7-18)32-11-1-10-29-32/h1-11,13-14,21-22,33H,12,15-16H2,(H,30,31). The highest BCUT2D eigenvalue weighted by atomic mass is 35.5. The molecule has 2 unspecified atom stereocenters. The summed E-state index contributed by atoms with van der Waals surface area (Å²) in [6.07, 6.45) is 4.02. The van der Waals surface area contributed by atoms with E-state index in [1.54, 1.807) is 6.20 Å². The summed E-state index contributed by atoms with van der Waals surface area (Å²) in [5.41, 5.74) is 6.76. The topological polar surface area (TPSA) is 85.2 Å². The number of nitrogens with zero attached hydrogens (tertiary/aromatic N) is 3. The molecule has 5 aromatic rings. The highest BCUT2D eigenvalue weighted by molar-refractivity contribution is 6.34. The van der Waals surface area contributed by atoms with Crippen molar-refractivity contribution in [2.24, 2.45) is 0 Å². The van der Waals surface area contributed by atoms with Crippen molar-refractivity contribution >= 4 is 22.6 Å². The number of imidazole rings is 1. The molecule has 0 bridgehead atoms. The average Bonchev–Trinajstić information content (AvgIpc) is 3.65. The maximum atomic E-state index is 9.24. The number of fused-ring (bicyclic) bond motifs is 1. The molecule has 0 radical (unpaired) electrons. The first-order chi connectivity index (χ1) is 17.2. The molecule has 3 heterocycles. The number of nitrogens with one attached hydrogen (secondary N) is 1. The Balaban J connectivity index is 1.22. The van der Waals surface area contributed by atoms with Crippen LogP contribution in [0.3, 0.4) is 0 Å². The van der Waals surface area contributed by atoms with Gasteiger partial charge >= 0.3 is 0 Å². The fourth-order valence-electron chi connectivity index (χ4n) is 4.39. The van der Waals surface area contributed by atoms with Gasteiger partial charge in [0.15, 0.2) is 0 Å². The largest absolute Gasteiger partial charge is 0.459 e. The number of benzene rings is 3. The van der Waals surface area contributed by atoms with E-state index in [0.717, 1.165) is 39.0 Å². The predicted octanol–water partition coefficient (Wildman–Crippen LogP) is 5.26. The van der Waals surface area contributed by atoms with Gasteiger partial charge in [-0.05, 0) is 47.0 Å². The van der Waals surface area contributed by atoms with Gasteiger partial charge in [0.2, 0.25) is 0 Å². The van der Waals surface area contributed by atoms with Crippen molar-refractivity contribution in [2.75, 3.05) is 13.2 Å². The molecule has 3 aromatic carbocycles. The number of H-pyrrole nitrogens is 1. The van der Waals surface area contributed by atoms with Gasteiger partial charge in [-0.2, -0.15) is 10.1 Å². The van der Waals surface area contributed by atoms with E-state index in [1.165, 1.54) is 0 Å². The second-order valence-corrected chi connectivity index (χ2v) is 8.99. The van der Waals surface area contributed by atoms with Crippen molar-refractivity contribution in [3.05, 3.63) is 84.1 Å². The molecule has 1 fully saturated rings. The third-order valence-corrected chi connectivity index (χ3v) is 6.55. The van der Waals surface area contributed by atoms with E-state index >= 15 is 0 Å². The van der Waals surface area contributed by atoms with Crippen molar-refractivity contribution < 1.29 is 14.6 Å². The quantitative estimate of drug-likeness (QED) is 0.342. The lowest BCUT2D eigenvalue weighted by Crippen LogP contribution is -2.17. The SMILES string of the molecule is OCC1CC(Oc2nc3cc(-c4ccc(-c5ccc(-n6cccn6)cc5)cc4)c(Cl)cc3[nH]2)CO1. The summed E-state index contributed by atoms with van der Waals surface area (Å²) in [6.45, 7) is 0.431. The molecule has 1 saturated heterocycles. The Morgan fingerprint density at radius 1 is 1.06 bits per heavy atom. The van der Waals surface area contributed by atoms with Gasteiger partial charge < -0.3 is 19.6 Å². The fraction of sp³-hybridized carbons (Fsp3) is 0.185. The van der Waals surface area contributed by atoms with Crippen LogP contribution in [0, 0.1) is 0 Å². The van der Waals surface area contributed by atoms with Crippen LogP contribution in [-0.2, 0) is 4.74 Å². The van der Waals surface area contributed by atoms with Crippen LogP contribution in [0.15, 0.2) is 79.1 Å². The highest BCUT2D eigenvalue weighted by Gasteiger charge is 2.27. The van der Waals surface area contributed by atoms with Crippen molar-refractivity contribution in [2.45, 2.75) is 18.6 Å². The first-order valence-corrected chi connectivity index (χ1v) is 11.8. The molecule has 176 valence electrons. The van der Waals surface area contributed by atoms with E-state index in [0.29, 0.717) is 24.1 Å². The predicted molar refractivity (Wildman–Crippen MR) is 135 cm³/mol. The Morgan fingerprint density at radius 3 is 2.49 bits per heavy atom. The summed E-state index contributed by atoms with van der Waals surface area (Å²) in [5.74, 6) is 0. The maximum absolute atomic E-state index is 9.24. The minimum absolute atomic E-state index is 0.00562. The zero-order valence-electron chi connectivity index (χ0n) is 18.8. The van der Waals surface area contributed by atoms with Crippen LogP contribution < -0.4 is 4.74 Å². The van der Waals surface area contributed by atoms with Crippen LogP contribution >= 0.6 is 11.6 Å². The summed E-state index contributed by atoms with van der Waals surface area (Å²) >= 11 is 6.63. The molecule has 0 spiro atoms. The zero-order valence-corrected chi connectivity index (χ0v) is 19.5. The van der Waals surface area contributed by atoms with Crippen LogP contribution in [0.4, 0.5) is 0 Å². The van der Waals surface area contributed by atoms with Crippen LogP contribution in [0.25, 0.3) is 39.0 Å². The molecule has 0 amide bonds. The Kier molecular flexibility index (Phi) is 5.74. The third kappa shape index (κ3) is 4.41. The number of halogens is 1. The van der Waals surface area contributed by atoms with Crippen molar-refractivity contribution in [1.29, 1.82) is 0 Å². The summed E-state index contributed by atoms with van der Waals surface area (Å²) in [4.78, 5) is 7.77. The number of rotatable bonds is 6. The van der Waals surface area contributed by atoms with E-state index in [2.05, 4.69) is 63.6 Å². The molecule has 2 N–H and O–H groups in total. The summed E-state index contributed by atoms with van der Waals surface area (Å²) in [7, 11) is 0. The Labute approximate surface area is 206 Å². The van der Waals surface area contributed by atoms with Gasteiger partial charge in [0.1, 0.15) is 6.10 Å². The van der Waals surface area contributed by atoms with Crippen molar-refractivity contribution in [3.8, 4) is 34.0 Å². The van der Waals surface area contributed by atoms with Crippen LogP contribution in [0.5, 0.6) is 6.01 Å². The van der Waals surface area contributed by atoms with Crippen molar-refractivity contribution in [1.82, 2.24) is 19.7 Å². The fourth-order valence-corrected chi connectivity index (χ4v) is 4.67. The van der Waals surface area contributed by atoms with Gasteiger partial charge in [0.05, 0.1) is 41.1 Å². The lowest BCUT2D eigenvalue weighted by molar-refractivity contribution is 0.0528.